The predicted molar refractivity (Wildman–Crippen MR) is 102 cm³/mol. The first-order valence-electron chi connectivity index (χ1n) is 9.18. The molecule has 8 nitrogen and oxygen atoms in total. The van der Waals surface area contributed by atoms with E-state index in [9.17, 15) is 29.6 Å². The van der Waals surface area contributed by atoms with Crippen LogP contribution in [0.1, 0.15) is 0 Å². The lowest BCUT2D eigenvalue weighted by molar-refractivity contribution is -0.277. The molecule has 2 aromatic carbocycles. The summed E-state index contributed by atoms with van der Waals surface area (Å²) in [5.41, 5.74) is -0.0825. The summed E-state index contributed by atoms with van der Waals surface area (Å²) in [5, 5.41) is 39.2. The SMILES string of the molecule is O=c1c(-c2ccccc2F)coc2cc(OC3OC(CO)C(O)C(O)C3O)ccc12. The molecule has 1 aromatic heterocycles. The third-order valence-corrected chi connectivity index (χ3v) is 5.01. The van der Waals surface area contributed by atoms with E-state index < -0.39 is 48.6 Å². The van der Waals surface area contributed by atoms with Crippen molar-refractivity contribution < 1.29 is 38.7 Å². The molecular weight excluding hydrogens is 399 g/mol. The zero-order chi connectivity index (χ0) is 21.4. The van der Waals surface area contributed by atoms with Gasteiger partial charge >= 0.3 is 0 Å². The molecule has 4 N–H and O–H groups in total. The van der Waals surface area contributed by atoms with Gasteiger partial charge < -0.3 is 34.3 Å². The summed E-state index contributed by atoms with van der Waals surface area (Å²) in [6.45, 7) is -0.587. The minimum Gasteiger partial charge on any atom is -0.463 e. The molecule has 0 saturated carbocycles. The van der Waals surface area contributed by atoms with Crippen LogP contribution in [0, 0.1) is 5.82 Å². The van der Waals surface area contributed by atoms with Crippen LogP contribution in [0.5, 0.6) is 5.75 Å². The monoisotopic (exact) mass is 418 g/mol. The van der Waals surface area contributed by atoms with E-state index >= 15 is 0 Å². The van der Waals surface area contributed by atoms with E-state index in [2.05, 4.69) is 0 Å². The summed E-state index contributed by atoms with van der Waals surface area (Å²) < 4.78 is 30.4. The molecule has 0 radical (unpaired) electrons. The average Bonchev–Trinajstić information content (AvgIpc) is 2.75. The second-order valence-corrected chi connectivity index (χ2v) is 6.93. The Hall–Kier alpha value is -2.82. The molecule has 1 aliphatic heterocycles. The van der Waals surface area contributed by atoms with Gasteiger partial charge in [-0.25, -0.2) is 4.39 Å². The van der Waals surface area contributed by atoms with Gasteiger partial charge in [-0.2, -0.15) is 0 Å². The van der Waals surface area contributed by atoms with Crippen LogP contribution in [-0.2, 0) is 4.74 Å². The molecule has 1 saturated heterocycles. The number of hydrogen-bond donors (Lipinski definition) is 4. The molecule has 0 aliphatic carbocycles. The molecule has 0 amide bonds. The molecule has 9 heteroatoms. The van der Waals surface area contributed by atoms with Crippen LogP contribution in [0.2, 0.25) is 0 Å². The Morgan fingerprint density at radius 3 is 2.50 bits per heavy atom. The van der Waals surface area contributed by atoms with Crippen LogP contribution in [0.15, 0.2) is 57.9 Å². The largest absolute Gasteiger partial charge is 0.463 e. The van der Waals surface area contributed by atoms with Gasteiger partial charge in [-0.05, 0) is 18.2 Å². The number of hydrogen-bond acceptors (Lipinski definition) is 8. The highest BCUT2D eigenvalue weighted by Gasteiger charge is 2.44. The van der Waals surface area contributed by atoms with Crippen LogP contribution in [-0.4, -0.2) is 57.7 Å². The van der Waals surface area contributed by atoms with Gasteiger partial charge in [0.2, 0.25) is 11.7 Å². The van der Waals surface area contributed by atoms with E-state index in [1.165, 1.54) is 36.4 Å². The second-order valence-electron chi connectivity index (χ2n) is 6.93. The van der Waals surface area contributed by atoms with Crippen molar-refractivity contribution in [3.8, 4) is 16.9 Å². The summed E-state index contributed by atoms with van der Waals surface area (Å²) in [6.07, 6.45) is -5.99. The van der Waals surface area contributed by atoms with Crippen LogP contribution >= 0.6 is 0 Å². The van der Waals surface area contributed by atoms with Crippen molar-refractivity contribution in [3.05, 3.63) is 64.8 Å². The highest BCUT2D eigenvalue weighted by atomic mass is 19.1. The summed E-state index contributed by atoms with van der Waals surface area (Å²) in [6, 6.07) is 10.1. The minimum atomic E-state index is -1.58. The molecule has 2 heterocycles. The fraction of sp³-hybridized carbons (Fsp3) is 0.286. The van der Waals surface area contributed by atoms with Crippen LogP contribution in [0.3, 0.4) is 0 Å². The second kappa shape index (κ2) is 8.13. The Morgan fingerprint density at radius 1 is 1.00 bits per heavy atom. The molecule has 5 atom stereocenters. The molecular formula is C21H19FO8. The van der Waals surface area contributed by atoms with Crippen molar-refractivity contribution in [2.24, 2.45) is 0 Å². The van der Waals surface area contributed by atoms with Crippen LogP contribution < -0.4 is 10.2 Å². The van der Waals surface area contributed by atoms with Crippen LogP contribution in [0.4, 0.5) is 4.39 Å². The van der Waals surface area contributed by atoms with Gasteiger partial charge in [0, 0.05) is 11.6 Å². The van der Waals surface area contributed by atoms with E-state index in [1.54, 1.807) is 6.07 Å². The van der Waals surface area contributed by atoms with Crippen LogP contribution in [0.25, 0.3) is 22.1 Å². The van der Waals surface area contributed by atoms with Crippen molar-refractivity contribution >= 4 is 11.0 Å². The zero-order valence-corrected chi connectivity index (χ0v) is 15.5. The minimum absolute atomic E-state index is 0.0724. The number of ether oxygens (including phenoxy) is 2. The van der Waals surface area contributed by atoms with Crippen molar-refractivity contribution in [3.63, 3.8) is 0 Å². The fourth-order valence-electron chi connectivity index (χ4n) is 3.35. The quantitative estimate of drug-likeness (QED) is 0.489. The lowest BCUT2D eigenvalue weighted by Crippen LogP contribution is -2.60. The zero-order valence-electron chi connectivity index (χ0n) is 15.5. The van der Waals surface area contributed by atoms with E-state index in [0.717, 1.165) is 6.26 Å². The molecule has 5 unspecified atom stereocenters. The van der Waals surface area contributed by atoms with Gasteiger partial charge in [-0.1, -0.05) is 18.2 Å². The van der Waals surface area contributed by atoms with Gasteiger partial charge in [-0.3, -0.25) is 4.79 Å². The summed E-state index contributed by atoms with van der Waals surface area (Å²) in [4.78, 5) is 12.8. The maximum absolute atomic E-state index is 14.0. The number of aliphatic hydroxyl groups excluding tert-OH is 4. The summed E-state index contributed by atoms with van der Waals surface area (Å²) in [7, 11) is 0. The van der Waals surface area contributed by atoms with Gasteiger partial charge in [0.15, 0.2) is 0 Å². The standard InChI is InChI=1S/C21H19FO8/c22-14-4-2-1-3-11(14)13-9-28-15-7-10(5-6-12(15)17(13)24)29-21-20(27)19(26)18(25)16(8-23)30-21/h1-7,9,16,18-21,23,25-27H,8H2. The average molecular weight is 418 g/mol. The number of aliphatic hydroxyl groups is 4. The number of rotatable bonds is 4. The Labute approximate surface area is 169 Å². The molecule has 0 spiro atoms. The number of benzene rings is 2. The van der Waals surface area contributed by atoms with Gasteiger partial charge in [0.25, 0.3) is 0 Å². The summed E-state index contributed by atoms with van der Waals surface area (Å²) in [5.74, 6) is -0.402. The van der Waals surface area contributed by atoms with Crippen molar-refractivity contribution in [1.29, 1.82) is 0 Å². The highest BCUT2D eigenvalue weighted by Crippen LogP contribution is 2.28. The summed E-state index contributed by atoms with van der Waals surface area (Å²) >= 11 is 0. The highest BCUT2D eigenvalue weighted by molar-refractivity contribution is 5.82. The number of fused-ring (bicyclic) bond motifs is 1. The molecule has 0 bridgehead atoms. The molecule has 1 fully saturated rings. The molecule has 1 aliphatic rings. The number of halogens is 1. The topological polar surface area (TPSA) is 130 Å². The maximum atomic E-state index is 14.0. The van der Waals surface area contributed by atoms with Crippen molar-refractivity contribution in [2.45, 2.75) is 30.7 Å². The first-order chi connectivity index (χ1) is 14.4. The third-order valence-electron chi connectivity index (χ3n) is 5.01. The van der Waals surface area contributed by atoms with Gasteiger partial charge in [-0.15, -0.1) is 0 Å². The van der Waals surface area contributed by atoms with E-state index in [1.807, 2.05) is 0 Å². The molecule has 4 rings (SSSR count). The Kier molecular flexibility index (Phi) is 5.54. The lowest BCUT2D eigenvalue weighted by Gasteiger charge is -2.39. The van der Waals surface area contributed by atoms with Crippen molar-refractivity contribution in [1.82, 2.24) is 0 Å². The molecule has 3 aromatic rings. The first-order valence-corrected chi connectivity index (χ1v) is 9.18. The predicted octanol–water partition coefficient (Wildman–Crippen LogP) is 0.778. The lowest BCUT2D eigenvalue weighted by atomic mass is 9.99. The Balaban J connectivity index is 1.64. The van der Waals surface area contributed by atoms with E-state index in [4.69, 9.17) is 13.9 Å². The first kappa shape index (κ1) is 20.5. The molecule has 30 heavy (non-hydrogen) atoms. The Morgan fingerprint density at radius 2 is 1.77 bits per heavy atom. The maximum Gasteiger partial charge on any atom is 0.229 e. The molecule has 158 valence electrons. The Bertz CT molecular complexity index is 1110. The van der Waals surface area contributed by atoms with Crippen molar-refractivity contribution in [2.75, 3.05) is 6.61 Å². The third kappa shape index (κ3) is 3.57. The van der Waals surface area contributed by atoms with Gasteiger partial charge in [0.05, 0.1) is 17.6 Å². The fourth-order valence-corrected chi connectivity index (χ4v) is 3.35. The van der Waals surface area contributed by atoms with Gasteiger partial charge in [0.1, 0.15) is 47.8 Å². The van der Waals surface area contributed by atoms with E-state index in [-0.39, 0.29) is 27.8 Å². The normalized spacial score (nSPS) is 26.6. The van der Waals surface area contributed by atoms with E-state index in [0.29, 0.717) is 0 Å². The smallest absolute Gasteiger partial charge is 0.229 e.